The molecule has 1 nitrogen and oxygen atoms in total. The first kappa shape index (κ1) is 12.7. The third-order valence-corrected chi connectivity index (χ3v) is 2.95. The van der Waals surface area contributed by atoms with E-state index in [4.69, 9.17) is 0 Å². The van der Waals surface area contributed by atoms with E-state index in [-0.39, 0.29) is 0 Å². The minimum atomic E-state index is 0.706. The molecule has 1 unspecified atom stereocenters. The van der Waals surface area contributed by atoms with Crippen LogP contribution in [0.5, 0.6) is 0 Å². The van der Waals surface area contributed by atoms with E-state index in [0.29, 0.717) is 5.92 Å². The predicted octanol–water partition coefficient (Wildman–Crippen LogP) is 3.63. The highest BCUT2D eigenvalue weighted by Crippen LogP contribution is 2.13. The van der Waals surface area contributed by atoms with Crippen LogP contribution in [0.2, 0.25) is 0 Å². The Kier molecular flexibility index (Phi) is 5.96. The summed E-state index contributed by atoms with van der Waals surface area (Å²) >= 11 is 3.45. The number of benzene rings is 1. The van der Waals surface area contributed by atoms with Crippen molar-refractivity contribution in [3.8, 4) is 0 Å². The monoisotopic (exact) mass is 269 g/mol. The SMILES string of the molecule is CCCNCC(C)Cc1ccc(Br)cc1. The zero-order valence-corrected chi connectivity index (χ0v) is 11.2. The molecule has 0 aliphatic heterocycles. The smallest absolute Gasteiger partial charge is 0.0175 e. The van der Waals surface area contributed by atoms with Gasteiger partial charge in [-0.2, -0.15) is 0 Å². The van der Waals surface area contributed by atoms with Gasteiger partial charge >= 0.3 is 0 Å². The van der Waals surface area contributed by atoms with Crippen LogP contribution in [0, 0.1) is 5.92 Å². The highest BCUT2D eigenvalue weighted by molar-refractivity contribution is 9.10. The summed E-state index contributed by atoms with van der Waals surface area (Å²) < 4.78 is 1.16. The molecule has 1 N–H and O–H groups in total. The molecule has 0 saturated heterocycles. The quantitative estimate of drug-likeness (QED) is 0.778. The fourth-order valence-corrected chi connectivity index (χ4v) is 1.88. The molecule has 15 heavy (non-hydrogen) atoms. The molecular weight excluding hydrogens is 250 g/mol. The van der Waals surface area contributed by atoms with Crippen molar-refractivity contribution >= 4 is 15.9 Å². The van der Waals surface area contributed by atoms with E-state index < -0.39 is 0 Å². The maximum absolute atomic E-state index is 3.46. The van der Waals surface area contributed by atoms with Crippen LogP contribution in [0.1, 0.15) is 25.8 Å². The first-order valence-corrected chi connectivity index (χ1v) is 6.46. The molecule has 1 atom stereocenters. The number of halogens is 1. The van der Waals surface area contributed by atoms with Gasteiger partial charge in [-0.3, -0.25) is 0 Å². The van der Waals surface area contributed by atoms with Crippen molar-refractivity contribution in [1.29, 1.82) is 0 Å². The van der Waals surface area contributed by atoms with Gasteiger partial charge in [-0.25, -0.2) is 0 Å². The molecular formula is C13H20BrN. The van der Waals surface area contributed by atoms with Crippen molar-refractivity contribution in [3.05, 3.63) is 34.3 Å². The van der Waals surface area contributed by atoms with Gasteiger partial charge in [0, 0.05) is 4.47 Å². The minimum absolute atomic E-state index is 0.706. The average Bonchev–Trinajstić information content (AvgIpc) is 2.22. The topological polar surface area (TPSA) is 12.0 Å². The van der Waals surface area contributed by atoms with Crippen LogP contribution in [0.3, 0.4) is 0 Å². The molecule has 0 aliphatic carbocycles. The second-order valence-corrected chi connectivity index (χ2v) is 5.06. The number of nitrogens with one attached hydrogen (secondary N) is 1. The van der Waals surface area contributed by atoms with Gasteiger partial charge in [0.25, 0.3) is 0 Å². The number of hydrogen-bond donors (Lipinski definition) is 1. The summed E-state index contributed by atoms with van der Waals surface area (Å²) in [4.78, 5) is 0. The van der Waals surface area contributed by atoms with Crippen LogP contribution < -0.4 is 5.32 Å². The Morgan fingerprint density at radius 1 is 1.27 bits per heavy atom. The largest absolute Gasteiger partial charge is 0.316 e. The maximum Gasteiger partial charge on any atom is 0.0175 e. The lowest BCUT2D eigenvalue weighted by atomic mass is 10.0. The highest BCUT2D eigenvalue weighted by Gasteiger charge is 2.02. The Morgan fingerprint density at radius 3 is 2.53 bits per heavy atom. The van der Waals surface area contributed by atoms with Gasteiger partial charge in [0.2, 0.25) is 0 Å². The standard InChI is InChI=1S/C13H20BrN/c1-3-8-15-10-11(2)9-12-4-6-13(14)7-5-12/h4-7,11,15H,3,8-10H2,1-2H3. The second kappa shape index (κ2) is 7.02. The number of hydrogen-bond acceptors (Lipinski definition) is 1. The van der Waals surface area contributed by atoms with E-state index in [9.17, 15) is 0 Å². The summed E-state index contributed by atoms with van der Waals surface area (Å²) in [5.74, 6) is 0.706. The molecule has 1 aromatic rings. The third-order valence-electron chi connectivity index (χ3n) is 2.42. The van der Waals surface area contributed by atoms with Crippen LogP contribution in [0.15, 0.2) is 28.7 Å². The zero-order valence-electron chi connectivity index (χ0n) is 9.59. The van der Waals surface area contributed by atoms with E-state index in [1.807, 2.05) is 0 Å². The molecule has 0 bridgehead atoms. The van der Waals surface area contributed by atoms with E-state index >= 15 is 0 Å². The molecule has 0 spiro atoms. The molecule has 1 rings (SSSR count). The molecule has 84 valence electrons. The van der Waals surface area contributed by atoms with E-state index in [1.165, 1.54) is 12.0 Å². The summed E-state index contributed by atoms with van der Waals surface area (Å²) in [6.07, 6.45) is 2.37. The summed E-state index contributed by atoms with van der Waals surface area (Å²) in [7, 11) is 0. The Bertz CT molecular complexity index is 268. The normalized spacial score (nSPS) is 12.7. The maximum atomic E-state index is 3.46. The lowest BCUT2D eigenvalue weighted by Crippen LogP contribution is -2.23. The fourth-order valence-electron chi connectivity index (χ4n) is 1.62. The van der Waals surface area contributed by atoms with E-state index in [2.05, 4.69) is 59.4 Å². The van der Waals surface area contributed by atoms with Crippen molar-refractivity contribution in [2.75, 3.05) is 13.1 Å². The molecule has 0 heterocycles. The van der Waals surface area contributed by atoms with E-state index in [0.717, 1.165) is 24.0 Å². The predicted molar refractivity (Wildman–Crippen MR) is 70.2 cm³/mol. The van der Waals surface area contributed by atoms with Crippen LogP contribution >= 0.6 is 15.9 Å². The zero-order chi connectivity index (χ0) is 11.1. The van der Waals surface area contributed by atoms with E-state index in [1.54, 1.807) is 0 Å². The Balaban J connectivity index is 2.31. The second-order valence-electron chi connectivity index (χ2n) is 4.14. The number of rotatable bonds is 6. The van der Waals surface area contributed by atoms with Crippen LogP contribution in [0.4, 0.5) is 0 Å². The van der Waals surface area contributed by atoms with Crippen LogP contribution in [-0.2, 0) is 6.42 Å². The summed E-state index contributed by atoms with van der Waals surface area (Å²) in [6, 6.07) is 8.61. The van der Waals surface area contributed by atoms with Crippen molar-refractivity contribution in [2.24, 2.45) is 5.92 Å². The van der Waals surface area contributed by atoms with Gasteiger partial charge in [0.1, 0.15) is 0 Å². The van der Waals surface area contributed by atoms with Gasteiger partial charge in [-0.05, 0) is 49.5 Å². The van der Waals surface area contributed by atoms with Crippen molar-refractivity contribution in [2.45, 2.75) is 26.7 Å². The van der Waals surface area contributed by atoms with Gasteiger partial charge in [-0.15, -0.1) is 0 Å². The highest BCUT2D eigenvalue weighted by atomic mass is 79.9. The molecule has 1 aromatic carbocycles. The van der Waals surface area contributed by atoms with Gasteiger partial charge in [0.05, 0.1) is 0 Å². The van der Waals surface area contributed by atoms with Gasteiger partial charge in [0.15, 0.2) is 0 Å². The fraction of sp³-hybridized carbons (Fsp3) is 0.538. The van der Waals surface area contributed by atoms with Crippen LogP contribution in [-0.4, -0.2) is 13.1 Å². The molecule has 0 amide bonds. The Morgan fingerprint density at radius 2 is 1.93 bits per heavy atom. The molecule has 0 aliphatic rings. The summed E-state index contributed by atoms with van der Waals surface area (Å²) in [5.41, 5.74) is 1.42. The Hall–Kier alpha value is -0.340. The van der Waals surface area contributed by atoms with Crippen molar-refractivity contribution in [3.63, 3.8) is 0 Å². The molecule has 2 heteroatoms. The van der Waals surface area contributed by atoms with Crippen molar-refractivity contribution in [1.82, 2.24) is 5.32 Å². The van der Waals surface area contributed by atoms with Gasteiger partial charge < -0.3 is 5.32 Å². The average molecular weight is 270 g/mol. The first-order chi connectivity index (χ1) is 7.22. The lowest BCUT2D eigenvalue weighted by molar-refractivity contribution is 0.510. The summed E-state index contributed by atoms with van der Waals surface area (Å²) in [5, 5.41) is 3.46. The molecule has 0 aromatic heterocycles. The minimum Gasteiger partial charge on any atom is -0.316 e. The lowest BCUT2D eigenvalue weighted by Gasteiger charge is -2.12. The molecule has 0 radical (unpaired) electrons. The van der Waals surface area contributed by atoms with Gasteiger partial charge in [-0.1, -0.05) is 41.9 Å². The van der Waals surface area contributed by atoms with Crippen molar-refractivity contribution < 1.29 is 0 Å². The molecule has 0 fully saturated rings. The third kappa shape index (κ3) is 5.33. The summed E-state index contributed by atoms with van der Waals surface area (Å²) in [6.45, 7) is 6.74. The van der Waals surface area contributed by atoms with Crippen LogP contribution in [0.25, 0.3) is 0 Å². The Labute approximate surface area is 101 Å². The molecule has 0 saturated carbocycles. The first-order valence-electron chi connectivity index (χ1n) is 5.67.